The standard InChI is InChI=1S/C10H8N2O2/c1-6-2-3-7(4-11)9(10(12)14)8(6)5-13/h2-3,5H,1H3,(H2,12,14). The van der Waals surface area contributed by atoms with E-state index in [1.165, 1.54) is 6.07 Å². The number of carbonyl (C=O) groups is 2. The van der Waals surface area contributed by atoms with Crippen molar-refractivity contribution in [3.8, 4) is 6.07 Å². The molecule has 4 nitrogen and oxygen atoms in total. The largest absolute Gasteiger partial charge is 0.366 e. The van der Waals surface area contributed by atoms with Crippen LogP contribution in [0.2, 0.25) is 0 Å². The third-order valence-corrected chi connectivity index (χ3v) is 1.95. The van der Waals surface area contributed by atoms with E-state index in [9.17, 15) is 9.59 Å². The first-order valence-electron chi connectivity index (χ1n) is 3.90. The van der Waals surface area contributed by atoms with Crippen molar-refractivity contribution in [3.05, 3.63) is 34.4 Å². The minimum Gasteiger partial charge on any atom is -0.366 e. The summed E-state index contributed by atoms with van der Waals surface area (Å²) in [7, 11) is 0. The third-order valence-electron chi connectivity index (χ3n) is 1.95. The first-order chi connectivity index (χ1) is 6.61. The first kappa shape index (κ1) is 9.93. The number of aldehydes is 1. The smallest absolute Gasteiger partial charge is 0.250 e. The monoisotopic (exact) mass is 188 g/mol. The summed E-state index contributed by atoms with van der Waals surface area (Å²) < 4.78 is 0. The molecule has 14 heavy (non-hydrogen) atoms. The number of nitrogens with zero attached hydrogens (tertiary/aromatic N) is 1. The summed E-state index contributed by atoms with van der Waals surface area (Å²) in [6.45, 7) is 1.68. The summed E-state index contributed by atoms with van der Waals surface area (Å²) in [6.07, 6.45) is 0.538. The van der Waals surface area contributed by atoms with Gasteiger partial charge in [0.05, 0.1) is 17.2 Å². The molecule has 0 radical (unpaired) electrons. The fourth-order valence-corrected chi connectivity index (χ4v) is 1.23. The summed E-state index contributed by atoms with van der Waals surface area (Å²) in [4.78, 5) is 21.7. The first-order valence-corrected chi connectivity index (χ1v) is 3.90. The number of amides is 1. The molecule has 0 aliphatic carbocycles. The van der Waals surface area contributed by atoms with Crippen LogP contribution in [0.3, 0.4) is 0 Å². The maximum absolute atomic E-state index is 11.0. The summed E-state index contributed by atoms with van der Waals surface area (Å²) in [5.41, 5.74) is 6.04. The second-order valence-corrected chi connectivity index (χ2v) is 2.81. The summed E-state index contributed by atoms with van der Waals surface area (Å²) >= 11 is 0. The van der Waals surface area contributed by atoms with Crippen LogP contribution in [-0.4, -0.2) is 12.2 Å². The highest BCUT2D eigenvalue weighted by Gasteiger charge is 2.14. The molecule has 1 aromatic rings. The van der Waals surface area contributed by atoms with Crippen molar-refractivity contribution in [3.63, 3.8) is 0 Å². The molecule has 70 valence electrons. The fourth-order valence-electron chi connectivity index (χ4n) is 1.23. The number of hydrogen-bond acceptors (Lipinski definition) is 3. The predicted octanol–water partition coefficient (Wildman–Crippen LogP) is 0.778. The summed E-state index contributed by atoms with van der Waals surface area (Å²) in [5.74, 6) is -0.757. The minimum absolute atomic E-state index is 0.00231. The van der Waals surface area contributed by atoms with Crippen molar-refractivity contribution < 1.29 is 9.59 Å². The molecule has 1 rings (SSSR count). The van der Waals surface area contributed by atoms with Crippen LogP contribution < -0.4 is 5.73 Å². The highest BCUT2D eigenvalue weighted by Crippen LogP contribution is 2.16. The van der Waals surface area contributed by atoms with Gasteiger partial charge in [-0.05, 0) is 18.6 Å². The Kier molecular flexibility index (Phi) is 2.63. The molecule has 0 aliphatic heterocycles. The number of benzene rings is 1. The van der Waals surface area contributed by atoms with Crippen molar-refractivity contribution >= 4 is 12.2 Å². The third kappa shape index (κ3) is 1.48. The number of rotatable bonds is 2. The molecule has 0 heterocycles. The number of primary amides is 1. The Morgan fingerprint density at radius 1 is 1.57 bits per heavy atom. The van der Waals surface area contributed by atoms with Crippen molar-refractivity contribution in [2.75, 3.05) is 0 Å². The Hall–Kier alpha value is -2.15. The normalized spacial score (nSPS) is 9.14. The molecule has 0 aromatic heterocycles. The lowest BCUT2D eigenvalue weighted by molar-refractivity contribution is 0.0992. The van der Waals surface area contributed by atoms with Gasteiger partial charge in [-0.15, -0.1) is 0 Å². The van der Waals surface area contributed by atoms with Gasteiger partial charge >= 0.3 is 0 Å². The van der Waals surface area contributed by atoms with Gasteiger partial charge in [0, 0.05) is 5.56 Å². The second kappa shape index (κ2) is 3.71. The van der Waals surface area contributed by atoms with Gasteiger partial charge in [0.1, 0.15) is 0 Å². The molecule has 0 bridgehead atoms. The van der Waals surface area contributed by atoms with E-state index in [2.05, 4.69) is 0 Å². The van der Waals surface area contributed by atoms with Crippen molar-refractivity contribution in [1.29, 1.82) is 5.26 Å². The molecule has 2 N–H and O–H groups in total. The number of nitriles is 1. The van der Waals surface area contributed by atoms with Gasteiger partial charge in [0.15, 0.2) is 6.29 Å². The quantitative estimate of drug-likeness (QED) is 0.696. The van der Waals surface area contributed by atoms with Gasteiger partial charge in [0.2, 0.25) is 0 Å². The second-order valence-electron chi connectivity index (χ2n) is 2.81. The highest BCUT2D eigenvalue weighted by atomic mass is 16.1. The Balaban J connectivity index is 3.62. The maximum atomic E-state index is 11.0. The average Bonchev–Trinajstić information content (AvgIpc) is 2.17. The Morgan fingerprint density at radius 3 is 2.64 bits per heavy atom. The molecule has 4 heteroatoms. The van der Waals surface area contributed by atoms with Crippen LogP contribution in [0.1, 0.15) is 31.8 Å². The van der Waals surface area contributed by atoms with Crippen LogP contribution in [0.15, 0.2) is 12.1 Å². The molecule has 1 aromatic carbocycles. The molecular weight excluding hydrogens is 180 g/mol. The lowest BCUT2D eigenvalue weighted by atomic mass is 9.97. The van der Waals surface area contributed by atoms with Gasteiger partial charge in [-0.25, -0.2) is 0 Å². The van der Waals surface area contributed by atoms with Crippen LogP contribution >= 0.6 is 0 Å². The zero-order valence-electron chi connectivity index (χ0n) is 7.57. The van der Waals surface area contributed by atoms with Gasteiger partial charge in [-0.3, -0.25) is 9.59 Å². The van der Waals surface area contributed by atoms with Gasteiger partial charge < -0.3 is 5.73 Å². The van der Waals surface area contributed by atoms with Gasteiger partial charge in [0.25, 0.3) is 5.91 Å². The van der Waals surface area contributed by atoms with Crippen molar-refractivity contribution in [2.24, 2.45) is 5.73 Å². The molecule has 0 fully saturated rings. The Morgan fingerprint density at radius 2 is 2.21 bits per heavy atom. The van der Waals surface area contributed by atoms with E-state index in [1.807, 2.05) is 6.07 Å². The van der Waals surface area contributed by atoms with E-state index in [-0.39, 0.29) is 16.7 Å². The zero-order chi connectivity index (χ0) is 10.7. The summed E-state index contributed by atoms with van der Waals surface area (Å²) in [5, 5.41) is 8.70. The van der Waals surface area contributed by atoms with Crippen LogP contribution in [0.5, 0.6) is 0 Å². The SMILES string of the molecule is Cc1ccc(C#N)c(C(N)=O)c1C=O. The van der Waals surface area contributed by atoms with E-state index in [0.717, 1.165) is 0 Å². The Labute approximate surface area is 80.9 Å². The molecule has 1 amide bonds. The van der Waals surface area contributed by atoms with Crippen molar-refractivity contribution in [2.45, 2.75) is 6.92 Å². The Bertz CT molecular complexity index is 444. The number of nitrogens with two attached hydrogens (primary N) is 1. The molecule has 0 unspecified atom stereocenters. The molecular formula is C10H8N2O2. The van der Waals surface area contributed by atoms with Gasteiger partial charge in [-0.1, -0.05) is 6.07 Å². The van der Waals surface area contributed by atoms with Crippen LogP contribution in [0.4, 0.5) is 0 Å². The molecule has 0 saturated carbocycles. The lowest BCUT2D eigenvalue weighted by Crippen LogP contribution is -2.16. The van der Waals surface area contributed by atoms with Crippen LogP contribution in [0.25, 0.3) is 0 Å². The zero-order valence-corrected chi connectivity index (χ0v) is 7.57. The van der Waals surface area contributed by atoms with Crippen LogP contribution in [0, 0.1) is 18.3 Å². The van der Waals surface area contributed by atoms with E-state index in [4.69, 9.17) is 11.0 Å². The van der Waals surface area contributed by atoms with Crippen molar-refractivity contribution in [1.82, 2.24) is 0 Å². The highest BCUT2D eigenvalue weighted by molar-refractivity contribution is 6.03. The average molecular weight is 188 g/mol. The molecule has 0 atom stereocenters. The molecule has 0 spiro atoms. The molecule has 0 aliphatic rings. The topological polar surface area (TPSA) is 83.9 Å². The maximum Gasteiger partial charge on any atom is 0.250 e. The van der Waals surface area contributed by atoms with E-state index in [1.54, 1.807) is 13.0 Å². The summed E-state index contributed by atoms with van der Waals surface area (Å²) in [6, 6.07) is 4.90. The lowest BCUT2D eigenvalue weighted by Gasteiger charge is -2.05. The number of hydrogen-bond donors (Lipinski definition) is 1. The van der Waals surface area contributed by atoms with E-state index in [0.29, 0.717) is 11.8 Å². The van der Waals surface area contributed by atoms with E-state index < -0.39 is 5.91 Å². The number of carbonyl (C=O) groups excluding carboxylic acids is 2. The number of aryl methyl sites for hydroxylation is 1. The van der Waals surface area contributed by atoms with Crippen LogP contribution in [-0.2, 0) is 0 Å². The fraction of sp³-hybridized carbons (Fsp3) is 0.100. The van der Waals surface area contributed by atoms with E-state index >= 15 is 0 Å². The predicted molar refractivity (Wildman–Crippen MR) is 49.8 cm³/mol. The molecule has 0 saturated heterocycles. The minimum atomic E-state index is -0.757. The van der Waals surface area contributed by atoms with Gasteiger partial charge in [-0.2, -0.15) is 5.26 Å².